The van der Waals surface area contributed by atoms with Gasteiger partial charge in [-0.25, -0.2) is 0 Å². The van der Waals surface area contributed by atoms with Crippen LogP contribution in [0.4, 0.5) is 0 Å². The Hall–Kier alpha value is -1.76. The first-order valence-electron chi connectivity index (χ1n) is 8.32. The topological polar surface area (TPSA) is 50.8 Å². The van der Waals surface area contributed by atoms with E-state index in [-0.39, 0.29) is 18.3 Å². The molecule has 0 atom stereocenters. The molecule has 0 bridgehead atoms. The van der Waals surface area contributed by atoms with Gasteiger partial charge >= 0.3 is 0 Å². The largest absolute Gasteiger partial charge is 0.493 e. The van der Waals surface area contributed by atoms with Crippen LogP contribution >= 0.6 is 23.7 Å². The van der Waals surface area contributed by atoms with E-state index in [2.05, 4.69) is 16.8 Å². The lowest BCUT2D eigenvalue weighted by atomic mass is 10.1. The Morgan fingerprint density at radius 1 is 1.15 bits per heavy atom. The Balaban J connectivity index is 0.00000338. The predicted octanol–water partition coefficient (Wildman–Crippen LogP) is 3.37. The number of amides is 1. The zero-order valence-corrected chi connectivity index (χ0v) is 17.1. The molecule has 144 valence electrons. The van der Waals surface area contributed by atoms with E-state index in [0.717, 1.165) is 12.0 Å². The molecule has 0 aliphatic rings. The van der Waals surface area contributed by atoms with E-state index in [0.29, 0.717) is 37.6 Å². The maximum atomic E-state index is 12.5. The highest BCUT2D eigenvalue weighted by atomic mass is 35.5. The predicted molar refractivity (Wildman–Crippen MR) is 109 cm³/mol. The van der Waals surface area contributed by atoms with Crippen LogP contribution in [-0.4, -0.2) is 45.2 Å². The Morgan fingerprint density at radius 2 is 1.92 bits per heavy atom. The van der Waals surface area contributed by atoms with Crippen molar-refractivity contribution in [2.45, 2.75) is 19.4 Å². The van der Waals surface area contributed by atoms with Gasteiger partial charge in [0.1, 0.15) is 0 Å². The fraction of sp³-hybridized carbons (Fsp3) is 0.421. The number of halogens is 1. The van der Waals surface area contributed by atoms with E-state index in [1.165, 1.54) is 5.56 Å². The number of nitrogens with one attached hydrogen (secondary N) is 1. The molecular weight excluding hydrogens is 372 g/mol. The van der Waals surface area contributed by atoms with Crippen molar-refractivity contribution in [1.29, 1.82) is 0 Å². The van der Waals surface area contributed by atoms with Crippen LogP contribution in [0, 0.1) is 0 Å². The van der Waals surface area contributed by atoms with Gasteiger partial charge in [-0.05, 0) is 53.6 Å². The summed E-state index contributed by atoms with van der Waals surface area (Å²) in [5.74, 6) is 1.60. The summed E-state index contributed by atoms with van der Waals surface area (Å²) >= 11 is 1.65. The third-order valence-electron chi connectivity index (χ3n) is 4.01. The average molecular weight is 399 g/mol. The lowest BCUT2D eigenvalue weighted by molar-refractivity contribution is -0.131. The van der Waals surface area contributed by atoms with Crippen LogP contribution in [-0.2, 0) is 17.8 Å². The Morgan fingerprint density at radius 3 is 2.54 bits per heavy atom. The summed E-state index contributed by atoms with van der Waals surface area (Å²) in [6, 6.07) is 7.96. The molecule has 0 saturated heterocycles. The van der Waals surface area contributed by atoms with Gasteiger partial charge in [-0.15, -0.1) is 12.4 Å². The van der Waals surface area contributed by atoms with Gasteiger partial charge in [0.25, 0.3) is 0 Å². The van der Waals surface area contributed by atoms with Gasteiger partial charge in [-0.3, -0.25) is 4.79 Å². The molecule has 0 aliphatic carbocycles. The second kappa shape index (κ2) is 11.8. The summed E-state index contributed by atoms with van der Waals surface area (Å²) in [4.78, 5) is 14.4. The fourth-order valence-corrected chi connectivity index (χ4v) is 3.25. The van der Waals surface area contributed by atoms with Gasteiger partial charge in [0.15, 0.2) is 11.5 Å². The second-order valence-electron chi connectivity index (χ2n) is 5.74. The molecule has 0 saturated carbocycles. The van der Waals surface area contributed by atoms with Crippen LogP contribution in [0.2, 0.25) is 0 Å². The minimum absolute atomic E-state index is 0. The summed E-state index contributed by atoms with van der Waals surface area (Å²) in [6.45, 7) is 2.02. The molecular formula is C19H27ClN2O3S. The molecule has 1 heterocycles. The summed E-state index contributed by atoms with van der Waals surface area (Å²) in [6.07, 6.45) is 1.28. The molecule has 7 heteroatoms. The third kappa shape index (κ3) is 6.52. The number of carbonyl (C=O) groups is 1. The average Bonchev–Trinajstić information content (AvgIpc) is 3.15. The zero-order valence-electron chi connectivity index (χ0n) is 15.5. The molecule has 0 fully saturated rings. The number of nitrogens with zero attached hydrogens (tertiary/aromatic N) is 1. The van der Waals surface area contributed by atoms with E-state index in [1.807, 2.05) is 35.5 Å². The monoisotopic (exact) mass is 398 g/mol. The number of carbonyl (C=O) groups excluding carboxylic acids is 1. The van der Waals surface area contributed by atoms with Gasteiger partial charge < -0.3 is 19.7 Å². The lowest BCUT2D eigenvalue weighted by Crippen LogP contribution is -2.34. The Kier molecular flexibility index (Phi) is 10.1. The number of benzene rings is 1. The summed E-state index contributed by atoms with van der Waals surface area (Å²) in [5, 5.41) is 7.17. The maximum absolute atomic E-state index is 12.5. The number of hydrogen-bond donors (Lipinski definition) is 1. The second-order valence-corrected chi connectivity index (χ2v) is 6.52. The molecule has 0 unspecified atom stereocenters. The number of thiophene rings is 1. The number of hydrogen-bond acceptors (Lipinski definition) is 5. The summed E-state index contributed by atoms with van der Waals surface area (Å²) in [7, 11) is 5.12. The molecule has 2 rings (SSSR count). The lowest BCUT2D eigenvalue weighted by Gasteiger charge is -2.23. The number of methoxy groups -OCH3 is 2. The van der Waals surface area contributed by atoms with Crippen LogP contribution in [0.15, 0.2) is 35.0 Å². The first-order valence-corrected chi connectivity index (χ1v) is 9.26. The van der Waals surface area contributed by atoms with Crippen molar-refractivity contribution in [1.82, 2.24) is 10.2 Å². The molecule has 1 N–H and O–H groups in total. The van der Waals surface area contributed by atoms with Gasteiger partial charge in [0.2, 0.25) is 5.91 Å². The smallest absolute Gasteiger partial charge is 0.224 e. The van der Waals surface area contributed by atoms with Crippen LogP contribution in [0.5, 0.6) is 11.5 Å². The third-order valence-corrected chi connectivity index (χ3v) is 4.75. The van der Waals surface area contributed by atoms with Gasteiger partial charge in [0, 0.05) is 26.1 Å². The van der Waals surface area contributed by atoms with E-state index < -0.39 is 0 Å². The van der Waals surface area contributed by atoms with E-state index >= 15 is 0 Å². The maximum Gasteiger partial charge on any atom is 0.224 e. The molecule has 0 radical (unpaired) electrons. The fourth-order valence-electron chi connectivity index (χ4n) is 2.59. The van der Waals surface area contributed by atoms with Crippen molar-refractivity contribution in [3.63, 3.8) is 0 Å². The number of rotatable bonds is 10. The van der Waals surface area contributed by atoms with Crippen molar-refractivity contribution in [2.75, 3.05) is 34.4 Å². The van der Waals surface area contributed by atoms with Crippen molar-refractivity contribution >= 4 is 29.7 Å². The normalized spacial score (nSPS) is 10.1. The van der Waals surface area contributed by atoms with Crippen molar-refractivity contribution in [3.8, 4) is 11.5 Å². The van der Waals surface area contributed by atoms with Crippen LogP contribution in [0.1, 0.15) is 17.5 Å². The molecule has 2 aromatic rings. The van der Waals surface area contributed by atoms with Gasteiger partial charge in [-0.1, -0.05) is 6.07 Å². The van der Waals surface area contributed by atoms with Crippen molar-refractivity contribution in [2.24, 2.45) is 0 Å². The van der Waals surface area contributed by atoms with Crippen LogP contribution in [0.3, 0.4) is 0 Å². The summed E-state index contributed by atoms with van der Waals surface area (Å²) < 4.78 is 10.6. The Bertz CT molecular complexity index is 665. The molecule has 0 spiro atoms. The minimum Gasteiger partial charge on any atom is -0.493 e. The molecule has 26 heavy (non-hydrogen) atoms. The van der Waals surface area contributed by atoms with Gasteiger partial charge in [-0.2, -0.15) is 11.3 Å². The first-order chi connectivity index (χ1) is 12.2. The van der Waals surface area contributed by atoms with Crippen molar-refractivity contribution in [3.05, 3.63) is 46.2 Å². The van der Waals surface area contributed by atoms with Crippen LogP contribution in [0.25, 0.3) is 0 Å². The van der Waals surface area contributed by atoms with Crippen LogP contribution < -0.4 is 14.8 Å². The zero-order chi connectivity index (χ0) is 18.1. The standard InChI is InChI=1S/C19H26N2O3S.ClH/c1-20-9-6-19(22)21(13-16-8-11-25-14-16)10-7-15-4-5-17(23-2)18(12-15)24-3;/h4-5,8,11-12,14,20H,6-7,9-10,13H2,1-3H3;1H. The molecule has 1 amide bonds. The Labute approximate surface area is 165 Å². The highest BCUT2D eigenvalue weighted by Crippen LogP contribution is 2.27. The molecule has 1 aromatic heterocycles. The SMILES string of the molecule is CNCCC(=O)N(CCc1ccc(OC)c(OC)c1)Cc1ccsc1.Cl. The highest BCUT2D eigenvalue weighted by molar-refractivity contribution is 7.07. The molecule has 5 nitrogen and oxygen atoms in total. The van der Waals surface area contributed by atoms with E-state index in [9.17, 15) is 4.79 Å². The molecule has 1 aromatic carbocycles. The van der Waals surface area contributed by atoms with Gasteiger partial charge in [0.05, 0.1) is 14.2 Å². The van der Waals surface area contributed by atoms with E-state index in [4.69, 9.17) is 9.47 Å². The molecule has 0 aliphatic heterocycles. The van der Waals surface area contributed by atoms with Crippen molar-refractivity contribution < 1.29 is 14.3 Å². The highest BCUT2D eigenvalue weighted by Gasteiger charge is 2.14. The number of ether oxygens (including phenoxy) is 2. The quantitative estimate of drug-likeness (QED) is 0.666. The minimum atomic E-state index is 0. The first kappa shape index (κ1) is 22.3. The summed E-state index contributed by atoms with van der Waals surface area (Å²) in [5.41, 5.74) is 2.30. The van der Waals surface area contributed by atoms with E-state index in [1.54, 1.807) is 25.6 Å².